The van der Waals surface area contributed by atoms with Gasteiger partial charge in [0.05, 0.1) is 0 Å². The van der Waals surface area contributed by atoms with Gasteiger partial charge in [0.2, 0.25) is 0 Å². The first-order chi connectivity index (χ1) is 41.0. The first-order valence-corrected chi connectivity index (χ1v) is 36.8. The minimum atomic E-state index is -0.779. The largest absolute Gasteiger partial charge is 0.462 e. The molecule has 484 valence electrons. The summed E-state index contributed by atoms with van der Waals surface area (Å²) < 4.78 is 17.0. The van der Waals surface area contributed by atoms with Gasteiger partial charge in [0.1, 0.15) is 13.2 Å². The van der Waals surface area contributed by atoms with Crippen molar-refractivity contribution in [2.75, 3.05) is 13.2 Å². The van der Waals surface area contributed by atoms with Crippen molar-refractivity contribution in [2.24, 2.45) is 0 Å². The number of hydrogen-bond acceptors (Lipinski definition) is 6. The molecule has 0 aromatic heterocycles. The number of unbranched alkanes of at least 4 members (excludes halogenated alkanes) is 47. The minimum Gasteiger partial charge on any atom is -0.462 e. The van der Waals surface area contributed by atoms with Crippen molar-refractivity contribution in [3.8, 4) is 0 Å². The molecule has 0 aliphatic carbocycles. The SMILES string of the molecule is CCCCCC/C=C\CCCCCCCC(=O)OCC(COC(=O)CCCCCCCCCCCCCC/C=C\C/C=C\C/C=C\CCCCCCC)OC(=O)CCCCCCCCCCCCCCC/C=C\CCCCCCCCCC. The van der Waals surface area contributed by atoms with E-state index in [4.69, 9.17) is 14.2 Å². The van der Waals surface area contributed by atoms with E-state index in [-0.39, 0.29) is 31.1 Å². The van der Waals surface area contributed by atoms with Gasteiger partial charge in [-0.25, -0.2) is 0 Å². The highest BCUT2D eigenvalue weighted by molar-refractivity contribution is 5.71. The Morgan fingerprint density at radius 3 is 0.699 bits per heavy atom. The Morgan fingerprint density at radius 2 is 0.434 bits per heavy atom. The second-order valence-corrected chi connectivity index (χ2v) is 24.8. The van der Waals surface area contributed by atoms with Crippen molar-refractivity contribution in [2.45, 2.75) is 399 Å². The van der Waals surface area contributed by atoms with Crippen LogP contribution in [0.1, 0.15) is 393 Å². The van der Waals surface area contributed by atoms with Crippen LogP contribution >= 0.6 is 0 Å². The third-order valence-corrected chi connectivity index (χ3v) is 16.5. The zero-order chi connectivity index (χ0) is 59.9. The summed E-state index contributed by atoms with van der Waals surface area (Å²) in [7, 11) is 0. The predicted octanol–water partition coefficient (Wildman–Crippen LogP) is 25.5. The summed E-state index contributed by atoms with van der Waals surface area (Å²) in [5, 5.41) is 0. The molecule has 1 atom stereocenters. The van der Waals surface area contributed by atoms with Crippen molar-refractivity contribution in [3.05, 3.63) is 60.8 Å². The predicted molar refractivity (Wildman–Crippen MR) is 362 cm³/mol. The molecule has 83 heavy (non-hydrogen) atoms. The van der Waals surface area contributed by atoms with Crippen LogP contribution in [0, 0.1) is 0 Å². The maximum absolute atomic E-state index is 13.0. The molecule has 0 fully saturated rings. The lowest BCUT2D eigenvalue weighted by Crippen LogP contribution is -2.30. The number of carbonyl (C=O) groups is 3. The van der Waals surface area contributed by atoms with Crippen molar-refractivity contribution >= 4 is 17.9 Å². The average molecular weight is 1160 g/mol. The number of rotatable bonds is 68. The zero-order valence-corrected chi connectivity index (χ0v) is 55.7. The zero-order valence-electron chi connectivity index (χ0n) is 55.7. The Hall–Kier alpha value is -2.89. The van der Waals surface area contributed by atoms with Gasteiger partial charge in [-0.2, -0.15) is 0 Å². The molecule has 0 aliphatic heterocycles. The fourth-order valence-corrected chi connectivity index (χ4v) is 10.9. The van der Waals surface area contributed by atoms with Crippen LogP contribution in [0.5, 0.6) is 0 Å². The third-order valence-electron chi connectivity index (χ3n) is 16.5. The lowest BCUT2D eigenvalue weighted by atomic mass is 10.0. The van der Waals surface area contributed by atoms with Crippen molar-refractivity contribution in [1.82, 2.24) is 0 Å². The van der Waals surface area contributed by atoms with Gasteiger partial charge < -0.3 is 14.2 Å². The highest BCUT2D eigenvalue weighted by Gasteiger charge is 2.19. The van der Waals surface area contributed by atoms with Gasteiger partial charge in [0.25, 0.3) is 0 Å². The van der Waals surface area contributed by atoms with Crippen LogP contribution in [-0.2, 0) is 28.6 Å². The van der Waals surface area contributed by atoms with E-state index < -0.39 is 6.10 Å². The van der Waals surface area contributed by atoms with Gasteiger partial charge in [-0.05, 0) is 109 Å². The lowest BCUT2D eigenvalue weighted by molar-refractivity contribution is -0.167. The van der Waals surface area contributed by atoms with Crippen molar-refractivity contribution in [1.29, 1.82) is 0 Å². The summed E-state index contributed by atoms with van der Waals surface area (Å²) in [6.45, 7) is 6.67. The number of allylic oxidation sites excluding steroid dienone is 10. The third kappa shape index (κ3) is 69.8. The molecule has 0 aromatic carbocycles. The molecule has 0 amide bonds. The highest BCUT2D eigenvalue weighted by atomic mass is 16.6. The molecule has 0 spiro atoms. The second-order valence-electron chi connectivity index (χ2n) is 24.8. The highest BCUT2D eigenvalue weighted by Crippen LogP contribution is 2.18. The van der Waals surface area contributed by atoms with Gasteiger partial charge in [-0.1, -0.05) is 326 Å². The molecular weight excluding hydrogens is 1020 g/mol. The van der Waals surface area contributed by atoms with E-state index >= 15 is 0 Å². The average Bonchev–Trinajstić information content (AvgIpc) is 3.49. The van der Waals surface area contributed by atoms with Gasteiger partial charge in [-0.3, -0.25) is 14.4 Å². The molecule has 6 nitrogen and oxygen atoms in total. The molecule has 0 bridgehead atoms. The molecule has 0 radical (unpaired) electrons. The number of carbonyl (C=O) groups excluding carboxylic acids is 3. The summed E-state index contributed by atoms with van der Waals surface area (Å²) in [6, 6.07) is 0. The number of hydrogen-bond donors (Lipinski definition) is 0. The van der Waals surface area contributed by atoms with Crippen LogP contribution in [0.2, 0.25) is 0 Å². The molecule has 0 saturated heterocycles. The van der Waals surface area contributed by atoms with Gasteiger partial charge in [-0.15, -0.1) is 0 Å². The maximum atomic E-state index is 13.0. The first kappa shape index (κ1) is 80.1. The second kappa shape index (κ2) is 71.6. The molecule has 0 N–H and O–H groups in total. The normalized spacial score (nSPS) is 12.4. The van der Waals surface area contributed by atoms with E-state index in [0.29, 0.717) is 19.3 Å². The van der Waals surface area contributed by atoms with Crippen LogP contribution in [-0.4, -0.2) is 37.2 Å². The van der Waals surface area contributed by atoms with Gasteiger partial charge in [0.15, 0.2) is 6.10 Å². The van der Waals surface area contributed by atoms with Crippen molar-refractivity contribution < 1.29 is 28.6 Å². The summed E-state index contributed by atoms with van der Waals surface area (Å²) in [5.74, 6) is -0.861. The number of ether oxygens (including phenoxy) is 3. The molecule has 0 aromatic rings. The molecule has 1 unspecified atom stereocenters. The molecule has 6 heteroatoms. The first-order valence-electron chi connectivity index (χ1n) is 36.8. The Balaban J connectivity index is 4.24. The van der Waals surface area contributed by atoms with E-state index in [0.717, 1.165) is 77.0 Å². The quantitative estimate of drug-likeness (QED) is 0.0261. The molecule has 0 aliphatic rings. The van der Waals surface area contributed by atoms with Crippen LogP contribution in [0.15, 0.2) is 60.8 Å². The Kier molecular flexibility index (Phi) is 69.1. The van der Waals surface area contributed by atoms with Crippen LogP contribution in [0.3, 0.4) is 0 Å². The van der Waals surface area contributed by atoms with Crippen LogP contribution < -0.4 is 0 Å². The van der Waals surface area contributed by atoms with E-state index in [1.807, 2.05) is 0 Å². The van der Waals surface area contributed by atoms with Gasteiger partial charge in [0, 0.05) is 19.3 Å². The van der Waals surface area contributed by atoms with E-state index in [1.165, 1.54) is 276 Å². The monoisotopic (exact) mass is 1160 g/mol. The summed E-state index contributed by atoms with van der Waals surface area (Å²) in [4.78, 5) is 38.5. The van der Waals surface area contributed by atoms with E-state index in [1.54, 1.807) is 0 Å². The minimum absolute atomic E-state index is 0.0746. The Bertz CT molecular complexity index is 1470. The van der Waals surface area contributed by atoms with Crippen LogP contribution in [0.25, 0.3) is 0 Å². The van der Waals surface area contributed by atoms with Crippen molar-refractivity contribution in [3.63, 3.8) is 0 Å². The fourth-order valence-electron chi connectivity index (χ4n) is 10.9. The molecule has 0 rings (SSSR count). The lowest BCUT2D eigenvalue weighted by Gasteiger charge is -2.18. The summed E-state index contributed by atoms with van der Waals surface area (Å²) >= 11 is 0. The summed E-state index contributed by atoms with van der Waals surface area (Å²) in [5.41, 5.74) is 0. The van der Waals surface area contributed by atoms with E-state index in [9.17, 15) is 14.4 Å². The maximum Gasteiger partial charge on any atom is 0.306 e. The molecule has 0 heterocycles. The standard InChI is InChI=1S/C77H140O6/c1-4-7-10-13-16-19-22-25-27-29-31-33-35-37-38-40-41-43-45-47-49-52-55-58-61-64-67-70-76(79)82-73-74(72-81-75(78)69-66-63-60-57-54-51-24-21-18-15-12-9-6-3)83-77(80)71-68-65-62-59-56-53-50-48-46-44-42-39-36-34-32-30-28-26-23-20-17-14-11-8-5-2/h21-22,24-25,29-32,35,37,74H,4-20,23,26-28,33-34,36,38-73H2,1-3H3/b24-21-,25-22-,31-29-,32-30-,37-35-. The van der Waals surface area contributed by atoms with Crippen LogP contribution in [0.4, 0.5) is 0 Å². The number of esters is 3. The Morgan fingerprint density at radius 1 is 0.241 bits per heavy atom. The van der Waals surface area contributed by atoms with Gasteiger partial charge >= 0.3 is 17.9 Å². The fraction of sp³-hybridized carbons (Fsp3) is 0.831. The smallest absolute Gasteiger partial charge is 0.306 e. The summed E-state index contributed by atoms with van der Waals surface area (Å²) in [6.07, 6.45) is 92.6. The van der Waals surface area contributed by atoms with E-state index in [2.05, 4.69) is 81.5 Å². The Labute approximate surface area is 517 Å². The topological polar surface area (TPSA) is 78.9 Å². The molecule has 0 saturated carbocycles. The molecular formula is C77H140O6.